The van der Waals surface area contributed by atoms with Gasteiger partial charge in [0.25, 0.3) is 0 Å². The minimum absolute atomic E-state index is 0.354. The number of piperidine rings is 1. The lowest BCUT2D eigenvalue weighted by Crippen LogP contribution is -2.42. The van der Waals surface area contributed by atoms with Crippen LogP contribution in [-0.2, 0) is 6.54 Å². The van der Waals surface area contributed by atoms with Crippen molar-refractivity contribution in [2.75, 3.05) is 26.4 Å². The van der Waals surface area contributed by atoms with Crippen LogP contribution < -0.4 is 14.8 Å². The summed E-state index contributed by atoms with van der Waals surface area (Å²) in [5.74, 6) is 1.76. The lowest BCUT2D eigenvalue weighted by atomic mass is 10.0. The van der Waals surface area contributed by atoms with Crippen LogP contribution in [0, 0.1) is 0 Å². The molecule has 2 heterocycles. The van der Waals surface area contributed by atoms with E-state index in [9.17, 15) is 0 Å². The molecule has 1 aromatic carbocycles. The molecule has 4 nitrogen and oxygen atoms in total. The van der Waals surface area contributed by atoms with Gasteiger partial charge in [0.1, 0.15) is 0 Å². The molecule has 1 fully saturated rings. The number of hydrogen-bond acceptors (Lipinski definition) is 4. The normalized spacial score (nSPS) is 19.4. The number of benzene rings is 1. The molecule has 0 atom stereocenters. The number of rotatable bonds is 5. The van der Waals surface area contributed by atoms with E-state index in [1.54, 1.807) is 0 Å². The molecule has 1 aromatic rings. The molecule has 110 valence electrons. The Morgan fingerprint density at radius 2 is 2.00 bits per heavy atom. The van der Waals surface area contributed by atoms with E-state index in [0.717, 1.165) is 24.6 Å². The van der Waals surface area contributed by atoms with Crippen molar-refractivity contribution in [2.45, 2.75) is 38.8 Å². The van der Waals surface area contributed by atoms with Crippen molar-refractivity contribution < 1.29 is 9.47 Å². The molecule has 0 bridgehead atoms. The van der Waals surface area contributed by atoms with Gasteiger partial charge in [0, 0.05) is 12.6 Å². The number of hydrogen-bond donors (Lipinski definition) is 1. The molecule has 2 aliphatic heterocycles. The predicted molar refractivity (Wildman–Crippen MR) is 79.2 cm³/mol. The summed E-state index contributed by atoms with van der Waals surface area (Å²) in [7, 11) is 0. The van der Waals surface area contributed by atoms with Gasteiger partial charge >= 0.3 is 0 Å². The molecule has 0 aromatic heterocycles. The van der Waals surface area contributed by atoms with Crippen LogP contribution >= 0.6 is 0 Å². The molecule has 0 radical (unpaired) electrons. The van der Waals surface area contributed by atoms with E-state index in [0.29, 0.717) is 12.8 Å². The molecule has 0 saturated carbocycles. The van der Waals surface area contributed by atoms with Crippen LogP contribution in [0.15, 0.2) is 18.2 Å². The zero-order chi connectivity index (χ0) is 13.8. The average molecular weight is 276 g/mol. The second kappa shape index (κ2) is 6.46. The van der Waals surface area contributed by atoms with Gasteiger partial charge in [-0.05, 0) is 56.6 Å². The average Bonchev–Trinajstić information content (AvgIpc) is 2.94. The van der Waals surface area contributed by atoms with E-state index in [1.807, 2.05) is 6.07 Å². The third kappa shape index (κ3) is 3.25. The Hall–Kier alpha value is -1.26. The van der Waals surface area contributed by atoms with Gasteiger partial charge in [0.15, 0.2) is 11.5 Å². The predicted octanol–water partition coefficient (Wildman–Crippen LogP) is 2.38. The van der Waals surface area contributed by atoms with Crippen molar-refractivity contribution in [3.63, 3.8) is 0 Å². The molecule has 2 aliphatic rings. The van der Waals surface area contributed by atoms with Gasteiger partial charge in [0.2, 0.25) is 6.79 Å². The van der Waals surface area contributed by atoms with Gasteiger partial charge < -0.3 is 14.8 Å². The van der Waals surface area contributed by atoms with Crippen molar-refractivity contribution in [3.8, 4) is 11.5 Å². The van der Waals surface area contributed by atoms with E-state index in [-0.39, 0.29) is 0 Å². The van der Waals surface area contributed by atoms with Crippen LogP contribution in [0.4, 0.5) is 0 Å². The minimum Gasteiger partial charge on any atom is -0.454 e. The summed E-state index contributed by atoms with van der Waals surface area (Å²) in [5, 5.41) is 3.63. The van der Waals surface area contributed by atoms with Gasteiger partial charge in [-0.2, -0.15) is 0 Å². The molecule has 0 spiro atoms. The van der Waals surface area contributed by atoms with Crippen molar-refractivity contribution in [1.82, 2.24) is 10.2 Å². The van der Waals surface area contributed by atoms with E-state index >= 15 is 0 Å². The van der Waals surface area contributed by atoms with E-state index in [4.69, 9.17) is 9.47 Å². The Balaban J connectivity index is 1.50. The third-order valence-corrected chi connectivity index (χ3v) is 4.11. The zero-order valence-corrected chi connectivity index (χ0v) is 12.2. The van der Waals surface area contributed by atoms with Gasteiger partial charge in [-0.25, -0.2) is 0 Å². The molecular formula is C16H24N2O2. The summed E-state index contributed by atoms with van der Waals surface area (Å²) in [5.41, 5.74) is 1.31. The first-order valence-electron chi connectivity index (χ1n) is 7.69. The van der Waals surface area contributed by atoms with Gasteiger partial charge in [0.05, 0.1) is 0 Å². The Labute approximate surface area is 121 Å². The number of ether oxygens (including phenoxy) is 2. The highest BCUT2D eigenvalue weighted by molar-refractivity contribution is 5.44. The smallest absolute Gasteiger partial charge is 0.231 e. The standard InChI is InChI=1S/C16H24N2O2/c1-2-7-17-14-5-8-18(9-6-14)11-13-3-4-15-16(10-13)20-12-19-15/h3-4,10,14,17H,2,5-9,11-12H2,1H3. The maximum Gasteiger partial charge on any atom is 0.231 e. The molecule has 1 N–H and O–H groups in total. The summed E-state index contributed by atoms with van der Waals surface area (Å²) < 4.78 is 10.8. The number of nitrogens with one attached hydrogen (secondary N) is 1. The topological polar surface area (TPSA) is 33.7 Å². The Kier molecular flexibility index (Phi) is 4.43. The van der Waals surface area contributed by atoms with Crippen LogP contribution in [0.25, 0.3) is 0 Å². The van der Waals surface area contributed by atoms with Crippen molar-refractivity contribution in [3.05, 3.63) is 23.8 Å². The second-order valence-electron chi connectivity index (χ2n) is 5.69. The van der Waals surface area contributed by atoms with Gasteiger partial charge in [-0.15, -0.1) is 0 Å². The fraction of sp³-hybridized carbons (Fsp3) is 0.625. The maximum absolute atomic E-state index is 5.44. The molecule has 0 unspecified atom stereocenters. The van der Waals surface area contributed by atoms with Crippen LogP contribution in [0.2, 0.25) is 0 Å². The monoisotopic (exact) mass is 276 g/mol. The Morgan fingerprint density at radius 3 is 2.80 bits per heavy atom. The van der Waals surface area contributed by atoms with Crippen molar-refractivity contribution >= 4 is 0 Å². The Bertz CT molecular complexity index is 442. The molecule has 0 amide bonds. The first kappa shape index (κ1) is 13.7. The van der Waals surface area contributed by atoms with Gasteiger partial charge in [-0.3, -0.25) is 4.90 Å². The summed E-state index contributed by atoms with van der Waals surface area (Å²) in [6.45, 7) is 7.09. The number of nitrogens with zero attached hydrogens (tertiary/aromatic N) is 1. The number of fused-ring (bicyclic) bond motifs is 1. The van der Waals surface area contributed by atoms with Crippen LogP contribution in [0.1, 0.15) is 31.7 Å². The van der Waals surface area contributed by atoms with Crippen LogP contribution in [0.3, 0.4) is 0 Å². The SMILES string of the molecule is CCCNC1CCN(Cc2ccc3c(c2)OCO3)CC1. The van der Waals surface area contributed by atoms with Crippen molar-refractivity contribution in [2.24, 2.45) is 0 Å². The van der Waals surface area contributed by atoms with E-state index in [1.165, 1.54) is 37.9 Å². The zero-order valence-electron chi connectivity index (χ0n) is 12.2. The molecule has 4 heteroatoms. The lowest BCUT2D eigenvalue weighted by molar-refractivity contribution is 0.173. The summed E-state index contributed by atoms with van der Waals surface area (Å²) >= 11 is 0. The highest BCUT2D eigenvalue weighted by Crippen LogP contribution is 2.33. The second-order valence-corrected chi connectivity index (χ2v) is 5.69. The van der Waals surface area contributed by atoms with Gasteiger partial charge in [-0.1, -0.05) is 13.0 Å². The number of likely N-dealkylation sites (tertiary alicyclic amines) is 1. The van der Waals surface area contributed by atoms with Crippen LogP contribution in [0.5, 0.6) is 11.5 Å². The highest BCUT2D eigenvalue weighted by atomic mass is 16.7. The van der Waals surface area contributed by atoms with Crippen molar-refractivity contribution in [1.29, 1.82) is 0 Å². The summed E-state index contributed by atoms with van der Waals surface area (Å²) in [6, 6.07) is 6.99. The fourth-order valence-corrected chi connectivity index (χ4v) is 2.94. The minimum atomic E-state index is 0.354. The highest BCUT2D eigenvalue weighted by Gasteiger charge is 2.19. The lowest BCUT2D eigenvalue weighted by Gasteiger charge is -2.32. The van der Waals surface area contributed by atoms with E-state index in [2.05, 4.69) is 29.3 Å². The first-order valence-corrected chi connectivity index (χ1v) is 7.69. The fourth-order valence-electron chi connectivity index (χ4n) is 2.94. The first-order chi connectivity index (χ1) is 9.85. The maximum atomic E-state index is 5.44. The summed E-state index contributed by atoms with van der Waals surface area (Å²) in [4.78, 5) is 2.53. The summed E-state index contributed by atoms with van der Waals surface area (Å²) in [6.07, 6.45) is 3.73. The molecular weight excluding hydrogens is 252 g/mol. The third-order valence-electron chi connectivity index (χ3n) is 4.11. The molecule has 1 saturated heterocycles. The molecule has 3 rings (SSSR count). The van der Waals surface area contributed by atoms with Crippen LogP contribution in [-0.4, -0.2) is 37.4 Å². The largest absolute Gasteiger partial charge is 0.454 e. The molecule has 0 aliphatic carbocycles. The van der Waals surface area contributed by atoms with E-state index < -0.39 is 0 Å². The quantitative estimate of drug-likeness (QED) is 0.895. The Morgan fingerprint density at radius 1 is 1.20 bits per heavy atom. The molecule has 20 heavy (non-hydrogen) atoms.